The molecule has 3 aromatic heterocycles. The maximum Gasteiger partial charge on any atom is 0.333 e. The van der Waals surface area contributed by atoms with Crippen molar-refractivity contribution >= 4 is 121 Å². The Balaban J connectivity index is 0.948. The van der Waals surface area contributed by atoms with E-state index in [0.29, 0.717) is 5.41 Å². The van der Waals surface area contributed by atoms with Crippen molar-refractivity contribution in [3.8, 4) is 22.3 Å². The second kappa shape index (κ2) is 15.5. The van der Waals surface area contributed by atoms with Crippen molar-refractivity contribution in [3.05, 3.63) is 174 Å². The highest BCUT2D eigenvalue weighted by atomic mass is 32.1. The van der Waals surface area contributed by atoms with E-state index in [9.17, 15) is 0 Å². The molecule has 3 nitrogen and oxygen atoms in total. The molecule has 9 aromatic carbocycles. The minimum absolute atomic E-state index is 0.0494. The first-order valence-electron chi connectivity index (χ1n) is 31.1. The number of anilines is 3. The number of hydrogen-bond donors (Lipinski definition) is 0. The number of hydrogen-bond acceptors (Lipinski definition) is 3. The van der Waals surface area contributed by atoms with Crippen LogP contribution in [0.5, 0.6) is 0 Å². The summed E-state index contributed by atoms with van der Waals surface area (Å²) in [7, 11) is 0. The van der Waals surface area contributed by atoms with Crippen molar-refractivity contribution in [2.75, 3.05) is 4.90 Å². The van der Waals surface area contributed by atoms with Crippen LogP contribution in [0.2, 0.25) is 0 Å². The molecule has 8 bridgehead atoms. The lowest BCUT2D eigenvalue weighted by Gasteiger charge is -2.57. The van der Waals surface area contributed by atoms with Gasteiger partial charge in [0.15, 0.2) is 5.58 Å². The molecule has 8 aliphatic carbocycles. The van der Waals surface area contributed by atoms with Gasteiger partial charge in [0.05, 0.1) is 11.4 Å². The highest BCUT2D eigenvalue weighted by Gasteiger charge is 2.54. The quantitative estimate of drug-likeness (QED) is 0.164. The summed E-state index contributed by atoms with van der Waals surface area (Å²) in [6.07, 6.45) is 16.9. The van der Waals surface area contributed by atoms with E-state index in [0.717, 1.165) is 46.7 Å². The molecule has 8 fully saturated rings. The van der Waals surface area contributed by atoms with Crippen molar-refractivity contribution in [1.29, 1.82) is 0 Å². The van der Waals surface area contributed by atoms with Crippen LogP contribution in [0, 0.1) is 35.5 Å². The second-order valence-electron chi connectivity index (χ2n) is 28.9. The van der Waals surface area contributed by atoms with Gasteiger partial charge in [-0.15, -0.1) is 11.3 Å². The minimum atomic E-state index is -0.115. The van der Waals surface area contributed by atoms with Crippen LogP contribution in [-0.2, 0) is 16.2 Å². The highest BCUT2D eigenvalue weighted by Crippen LogP contribution is 2.64. The average Bonchev–Trinajstić information content (AvgIpc) is 2.04. The Labute approximate surface area is 478 Å². The first-order chi connectivity index (χ1) is 39.6. The molecule has 0 spiro atoms. The van der Waals surface area contributed by atoms with Gasteiger partial charge in [0, 0.05) is 69.6 Å². The zero-order valence-corrected chi connectivity index (χ0v) is 47.6. The zero-order chi connectivity index (χ0) is 53.0. The summed E-state index contributed by atoms with van der Waals surface area (Å²) >= 11 is 1.95. The lowest BCUT2D eigenvalue weighted by molar-refractivity contribution is -0.00527. The smallest absolute Gasteiger partial charge is 0.333 e. The molecule has 12 aromatic rings. The Hall–Kier alpha value is -7.08. The molecule has 5 heterocycles. The second-order valence-corrected chi connectivity index (χ2v) is 30.0. The van der Waals surface area contributed by atoms with Gasteiger partial charge in [-0.3, -0.25) is 0 Å². The van der Waals surface area contributed by atoms with E-state index in [2.05, 4.69) is 188 Å². The number of nitrogens with zero attached hydrogens (tertiary/aromatic N) is 2. The van der Waals surface area contributed by atoms with Gasteiger partial charge in [0.25, 0.3) is 0 Å². The maximum atomic E-state index is 7.50. The number of fused-ring (bicyclic) bond motifs is 15. The third-order valence-electron chi connectivity index (χ3n) is 23.1. The lowest BCUT2D eigenvalue weighted by atomic mass is 9.44. The molecular formula is C76H65BN2OS. The fourth-order valence-electron chi connectivity index (χ4n) is 20.6. The summed E-state index contributed by atoms with van der Waals surface area (Å²) in [5.74, 6) is 5.25. The van der Waals surface area contributed by atoms with Crippen LogP contribution in [-0.4, -0.2) is 11.3 Å². The van der Waals surface area contributed by atoms with Gasteiger partial charge >= 0.3 is 6.85 Å². The summed E-state index contributed by atoms with van der Waals surface area (Å²) < 4.78 is 13.0. The van der Waals surface area contributed by atoms with Crippen molar-refractivity contribution in [3.63, 3.8) is 0 Å². The van der Waals surface area contributed by atoms with E-state index in [4.69, 9.17) is 4.42 Å². The number of benzene rings is 9. The van der Waals surface area contributed by atoms with Crippen LogP contribution in [0.15, 0.2) is 162 Å². The standard InChI is InChI=1S/C76H65BN2OS/c1-74(2,3)51-17-19-64(55(29-51)48-11-5-4-6-12-48)78-66-35-69-58(57-27-49-13-7-8-14-50(49)28-68(57)81-69)34-63(66)77-70-59(33-62-54-15-9-10-16-67(54)80-73(62)72(70)78)61-32-53(76-39-45-24-46(40-76)26-47(25-45)41-76)31-60-56-30-52(18-20-65(56)79(77)71(60)61)75-36-42-21-43(37-75)23-44(22-42)38-75/h4-20,27-35,42-47H,21-26,36-41H2,1-3H3. The lowest BCUT2D eigenvalue weighted by Crippen LogP contribution is -2.56. The predicted octanol–water partition coefficient (Wildman–Crippen LogP) is 19.5. The summed E-state index contributed by atoms with van der Waals surface area (Å²) in [6.45, 7) is 6.95. The van der Waals surface area contributed by atoms with E-state index in [1.165, 1.54) is 196 Å². The van der Waals surface area contributed by atoms with Crippen LogP contribution < -0.4 is 15.8 Å². The SMILES string of the molecule is CC(C)(C)c1ccc(N2c3cc4sc5cc6ccccc6cc5c4cc3B3c4c(cc5c(oc6ccccc65)c42)-c2cc(C45CC6CC(CC(C6)C4)C5)cc4c5cc(C67CC8CC(CC(C8)C6)C7)ccc5n3c24)c(-c2ccccc2)c1. The molecule has 5 heteroatoms. The fourth-order valence-corrected chi connectivity index (χ4v) is 21.7. The number of aromatic nitrogens is 1. The van der Waals surface area contributed by atoms with E-state index >= 15 is 0 Å². The molecule has 0 N–H and O–H groups in total. The Bertz CT molecular complexity index is 4720. The van der Waals surface area contributed by atoms with Crippen LogP contribution >= 0.6 is 11.3 Å². The highest BCUT2D eigenvalue weighted by molar-refractivity contribution is 7.26. The Morgan fingerprint density at radius 3 is 1.84 bits per heavy atom. The van der Waals surface area contributed by atoms with Gasteiger partial charge in [-0.05, 0) is 245 Å². The molecule has 2 aliphatic heterocycles. The summed E-state index contributed by atoms with van der Waals surface area (Å²) in [5, 5.41) is 10.7. The third kappa shape index (κ3) is 6.12. The molecule has 0 atom stereocenters. The molecule has 22 rings (SSSR count). The van der Waals surface area contributed by atoms with E-state index in [1.807, 2.05) is 11.3 Å². The van der Waals surface area contributed by atoms with Crippen molar-refractivity contribution < 1.29 is 4.42 Å². The van der Waals surface area contributed by atoms with Crippen LogP contribution in [0.4, 0.5) is 17.1 Å². The first-order valence-corrected chi connectivity index (χ1v) is 31.9. The Morgan fingerprint density at radius 1 is 0.494 bits per heavy atom. The molecule has 0 amide bonds. The molecule has 0 saturated heterocycles. The molecule has 394 valence electrons. The van der Waals surface area contributed by atoms with Gasteiger partial charge in [-0.25, -0.2) is 0 Å². The number of rotatable bonds is 4. The molecule has 81 heavy (non-hydrogen) atoms. The largest absolute Gasteiger partial charge is 0.454 e. The number of thiophene rings is 1. The summed E-state index contributed by atoms with van der Waals surface area (Å²) in [4.78, 5) is 2.70. The Kier molecular flexibility index (Phi) is 8.72. The molecule has 8 saturated carbocycles. The van der Waals surface area contributed by atoms with E-state index in [-0.39, 0.29) is 17.7 Å². The predicted molar refractivity (Wildman–Crippen MR) is 341 cm³/mol. The van der Waals surface area contributed by atoms with Crippen molar-refractivity contribution in [1.82, 2.24) is 4.48 Å². The van der Waals surface area contributed by atoms with Gasteiger partial charge in [-0.1, -0.05) is 112 Å². The van der Waals surface area contributed by atoms with Gasteiger partial charge in [0.1, 0.15) is 5.58 Å². The van der Waals surface area contributed by atoms with Crippen molar-refractivity contribution in [2.45, 2.75) is 114 Å². The summed E-state index contributed by atoms with van der Waals surface area (Å²) in [6, 6.07) is 62.9. The van der Waals surface area contributed by atoms with Crippen LogP contribution in [0.3, 0.4) is 0 Å². The van der Waals surface area contributed by atoms with E-state index < -0.39 is 0 Å². The van der Waals surface area contributed by atoms with Gasteiger partial charge in [0.2, 0.25) is 0 Å². The van der Waals surface area contributed by atoms with Gasteiger partial charge < -0.3 is 13.8 Å². The topological polar surface area (TPSA) is 21.3 Å². The first kappa shape index (κ1) is 45.5. The average molecular weight is 1070 g/mol. The summed E-state index contributed by atoms with van der Waals surface area (Å²) in [5.41, 5.74) is 21.4. The molecule has 0 radical (unpaired) electrons. The van der Waals surface area contributed by atoms with E-state index in [1.54, 1.807) is 11.1 Å². The molecule has 0 unspecified atom stereocenters. The minimum Gasteiger partial charge on any atom is -0.454 e. The number of para-hydroxylation sites is 1. The van der Waals surface area contributed by atoms with Gasteiger partial charge in [-0.2, -0.15) is 0 Å². The molecular weight excluding hydrogens is 1000 g/mol. The maximum absolute atomic E-state index is 7.50. The monoisotopic (exact) mass is 1060 g/mol. The van der Waals surface area contributed by atoms with Crippen molar-refractivity contribution in [2.24, 2.45) is 35.5 Å². The zero-order valence-electron chi connectivity index (χ0n) is 46.7. The third-order valence-corrected chi connectivity index (χ3v) is 24.3. The fraction of sp³-hybridized carbons (Fsp3) is 0.316. The Morgan fingerprint density at radius 2 is 1.12 bits per heavy atom. The number of furan rings is 1. The van der Waals surface area contributed by atoms with Crippen LogP contribution in [0.1, 0.15) is 115 Å². The van der Waals surface area contributed by atoms with Crippen LogP contribution in [0.25, 0.3) is 96.9 Å². The normalized spacial score (nSPS) is 26.7. The molecule has 10 aliphatic rings.